The minimum Gasteiger partial charge on any atom is -0.453 e. The molecule has 1 unspecified atom stereocenters. The number of esters is 1. The number of nitrogens with zero attached hydrogens (tertiary/aromatic N) is 3. The number of ether oxygens (including phenoxy) is 1. The summed E-state index contributed by atoms with van der Waals surface area (Å²) in [5, 5.41) is 1.67. The zero-order valence-electron chi connectivity index (χ0n) is 22.6. The molecule has 0 bridgehead atoms. The summed E-state index contributed by atoms with van der Waals surface area (Å²) in [6.45, 7) is 14.3. The third-order valence-corrected chi connectivity index (χ3v) is 5.85. The van der Waals surface area contributed by atoms with Gasteiger partial charge < -0.3 is 10.3 Å². The molecule has 0 heterocycles. The van der Waals surface area contributed by atoms with Gasteiger partial charge in [0.25, 0.3) is 5.91 Å². The summed E-state index contributed by atoms with van der Waals surface area (Å²) in [6.07, 6.45) is 0.0863. The van der Waals surface area contributed by atoms with Crippen molar-refractivity contribution in [3.63, 3.8) is 0 Å². The highest BCUT2D eigenvalue weighted by Crippen LogP contribution is 2.26. The van der Waals surface area contributed by atoms with Crippen LogP contribution >= 0.6 is 0 Å². The Morgan fingerprint density at radius 2 is 1.47 bits per heavy atom. The highest BCUT2D eigenvalue weighted by molar-refractivity contribution is 6.36. The van der Waals surface area contributed by atoms with E-state index in [9.17, 15) is 15.1 Å². The number of nitrogens with one attached hydrogen (secondary N) is 1. The van der Waals surface area contributed by atoms with Crippen LogP contribution in [0.1, 0.15) is 70.8 Å². The van der Waals surface area contributed by atoms with Gasteiger partial charge in [0.15, 0.2) is 0 Å². The summed E-state index contributed by atoms with van der Waals surface area (Å²) in [4.78, 5) is 30.0. The lowest BCUT2D eigenvalue weighted by molar-refractivity contribution is -0.151. The molecule has 2 rings (SSSR count). The number of amides is 1. The average molecular weight is 493 g/mol. The Morgan fingerprint density at radius 3 is 1.94 bits per heavy atom. The molecule has 7 heteroatoms. The highest BCUT2D eigenvalue weighted by Gasteiger charge is 2.42. The van der Waals surface area contributed by atoms with E-state index in [0.29, 0.717) is 18.5 Å². The van der Waals surface area contributed by atoms with E-state index in [4.69, 9.17) is 4.74 Å². The van der Waals surface area contributed by atoms with Crippen molar-refractivity contribution >= 4 is 17.6 Å². The molecule has 36 heavy (non-hydrogen) atoms. The lowest BCUT2D eigenvalue weighted by atomic mass is 9.85. The van der Waals surface area contributed by atoms with Gasteiger partial charge in [-0.25, -0.2) is 9.80 Å². The van der Waals surface area contributed by atoms with Crippen LogP contribution < -0.4 is 5.43 Å². The Morgan fingerprint density at radius 1 is 0.944 bits per heavy atom. The fourth-order valence-corrected chi connectivity index (χ4v) is 4.20. The predicted octanol–water partition coefficient (Wildman–Crippen LogP) is 5.53. The molecular weight excluding hydrogens is 452 g/mol. The van der Waals surface area contributed by atoms with Crippen molar-refractivity contribution in [3.8, 4) is 0 Å². The van der Waals surface area contributed by atoms with Gasteiger partial charge in [-0.15, -0.1) is 0 Å². The number of rotatable bonds is 11. The van der Waals surface area contributed by atoms with Crippen molar-refractivity contribution in [1.82, 2.24) is 10.4 Å². The van der Waals surface area contributed by atoms with Gasteiger partial charge >= 0.3 is 11.7 Å². The van der Waals surface area contributed by atoms with Crippen LogP contribution in [0.3, 0.4) is 0 Å². The van der Waals surface area contributed by atoms with E-state index >= 15 is 0 Å². The first-order valence-electron chi connectivity index (χ1n) is 12.5. The van der Waals surface area contributed by atoms with E-state index < -0.39 is 12.0 Å². The molecule has 0 saturated heterocycles. The lowest BCUT2D eigenvalue weighted by Crippen LogP contribution is -2.55. The number of benzene rings is 2. The number of hydrogen-bond acceptors (Lipinski definition) is 4. The van der Waals surface area contributed by atoms with E-state index in [1.807, 2.05) is 84.9 Å². The van der Waals surface area contributed by atoms with Crippen LogP contribution in [0.25, 0.3) is 5.53 Å². The molecule has 0 aliphatic rings. The van der Waals surface area contributed by atoms with Crippen molar-refractivity contribution in [3.05, 3.63) is 77.3 Å². The Bertz CT molecular complexity index is 1030. The zero-order chi connectivity index (χ0) is 26.9. The molecule has 0 fully saturated rings. The van der Waals surface area contributed by atoms with Gasteiger partial charge in [-0.05, 0) is 41.4 Å². The third-order valence-electron chi connectivity index (χ3n) is 5.85. The second-order valence-electron chi connectivity index (χ2n) is 11.0. The standard InChI is InChI=1S/C29H40N4O3/c1-20(2)26(21(3)4)36-28(35)25(31-30)24(18-29(5,6)7)33(19-22-14-10-8-11-15-22)32-27(34)23-16-12-9-13-17-23/h8-17,20-21,24,26H,18-19H2,1-7H3,(H,32,34). The van der Waals surface area contributed by atoms with Crippen LogP contribution in [0.2, 0.25) is 0 Å². The van der Waals surface area contributed by atoms with E-state index in [1.54, 1.807) is 29.3 Å². The first-order chi connectivity index (χ1) is 16.9. The Balaban J connectivity index is 2.49. The molecule has 194 valence electrons. The van der Waals surface area contributed by atoms with E-state index in [2.05, 4.69) is 10.2 Å². The van der Waals surface area contributed by atoms with Crippen molar-refractivity contribution in [1.29, 1.82) is 0 Å². The van der Waals surface area contributed by atoms with Gasteiger partial charge in [0.1, 0.15) is 12.1 Å². The molecule has 2 aromatic carbocycles. The molecular formula is C29H40N4O3. The summed E-state index contributed by atoms with van der Waals surface area (Å²) in [5.41, 5.74) is 14.0. The molecule has 1 amide bonds. The van der Waals surface area contributed by atoms with Crippen molar-refractivity contribution in [2.24, 2.45) is 17.3 Å². The van der Waals surface area contributed by atoms with Crippen LogP contribution in [0.4, 0.5) is 0 Å². The molecule has 0 radical (unpaired) electrons. The van der Waals surface area contributed by atoms with Crippen LogP contribution in [0.15, 0.2) is 60.7 Å². The molecule has 0 aliphatic carbocycles. The van der Waals surface area contributed by atoms with E-state index in [-0.39, 0.29) is 35.0 Å². The number of hydrazine groups is 1. The average Bonchev–Trinajstić information content (AvgIpc) is 2.82. The summed E-state index contributed by atoms with van der Waals surface area (Å²) in [6, 6.07) is 17.8. The second-order valence-corrected chi connectivity index (χ2v) is 11.0. The van der Waals surface area contributed by atoms with Gasteiger partial charge in [-0.2, -0.15) is 4.79 Å². The normalized spacial score (nSPS) is 12.5. The minimum absolute atomic E-state index is 0.0909. The first-order valence-corrected chi connectivity index (χ1v) is 12.5. The number of carbonyl (C=O) groups excluding carboxylic acids is 2. The van der Waals surface area contributed by atoms with Crippen molar-refractivity contribution in [2.75, 3.05) is 0 Å². The van der Waals surface area contributed by atoms with E-state index in [1.165, 1.54) is 0 Å². The maximum Gasteiger partial charge on any atom is 0.419 e. The van der Waals surface area contributed by atoms with Crippen molar-refractivity contribution < 1.29 is 19.1 Å². The maximum atomic E-state index is 13.4. The first kappa shape index (κ1) is 29.0. The van der Waals surface area contributed by atoms with Gasteiger partial charge in [0, 0.05) is 12.1 Å². The monoisotopic (exact) mass is 492 g/mol. The lowest BCUT2D eigenvalue weighted by Gasteiger charge is -2.33. The van der Waals surface area contributed by atoms with Crippen LogP contribution in [0.5, 0.6) is 0 Å². The predicted molar refractivity (Wildman–Crippen MR) is 142 cm³/mol. The zero-order valence-corrected chi connectivity index (χ0v) is 22.6. The molecule has 0 aromatic heterocycles. The van der Waals surface area contributed by atoms with Gasteiger partial charge in [-0.3, -0.25) is 10.2 Å². The molecule has 2 aromatic rings. The Hall–Kier alpha value is -3.28. The second kappa shape index (κ2) is 13.1. The highest BCUT2D eigenvalue weighted by atomic mass is 16.5. The summed E-state index contributed by atoms with van der Waals surface area (Å²) < 4.78 is 5.84. The van der Waals surface area contributed by atoms with Gasteiger partial charge in [0.2, 0.25) is 0 Å². The maximum absolute atomic E-state index is 13.4. The summed E-state index contributed by atoms with van der Waals surface area (Å²) >= 11 is 0. The van der Waals surface area contributed by atoms with Crippen LogP contribution in [0, 0.1) is 17.3 Å². The molecule has 7 nitrogen and oxygen atoms in total. The molecule has 0 aliphatic heterocycles. The van der Waals surface area contributed by atoms with E-state index in [0.717, 1.165) is 5.56 Å². The minimum atomic E-state index is -0.740. The van der Waals surface area contributed by atoms with Gasteiger partial charge in [-0.1, -0.05) is 97.0 Å². The third kappa shape index (κ3) is 8.74. The topological polar surface area (TPSA) is 95.0 Å². The Kier molecular flexibility index (Phi) is 10.6. The van der Waals surface area contributed by atoms with Gasteiger partial charge in [0.05, 0.1) is 0 Å². The summed E-state index contributed by atoms with van der Waals surface area (Å²) in [5.74, 6) is -0.828. The molecule has 1 N–H and O–H groups in total. The molecule has 0 spiro atoms. The fourth-order valence-electron chi connectivity index (χ4n) is 4.20. The SMILES string of the molecule is CC(C)C(OC(=O)C(=[N+]=[N-])C(CC(C)(C)C)N(Cc1ccccc1)NC(=O)c1ccccc1)C(C)C. The van der Waals surface area contributed by atoms with Crippen LogP contribution in [-0.4, -0.2) is 39.5 Å². The van der Waals surface area contributed by atoms with Crippen molar-refractivity contribution in [2.45, 2.75) is 73.6 Å². The fraction of sp³-hybridized carbons (Fsp3) is 0.483. The van der Waals surface area contributed by atoms with Crippen LogP contribution in [-0.2, 0) is 16.1 Å². The number of hydrogen-bond donors (Lipinski definition) is 1. The molecule has 1 atom stereocenters. The number of carbonyl (C=O) groups is 2. The Labute approximate surface area is 215 Å². The molecule has 0 saturated carbocycles. The smallest absolute Gasteiger partial charge is 0.419 e. The quantitative estimate of drug-likeness (QED) is 0.147. The summed E-state index contributed by atoms with van der Waals surface area (Å²) in [7, 11) is 0. The largest absolute Gasteiger partial charge is 0.453 e.